The zero-order chi connectivity index (χ0) is 17.9. The van der Waals surface area contributed by atoms with Gasteiger partial charge in [-0.3, -0.25) is 9.69 Å². The Morgan fingerprint density at radius 3 is 2.81 bits per heavy atom. The zero-order valence-corrected chi connectivity index (χ0v) is 15.6. The number of carbonyl (C=O) groups is 1. The van der Waals surface area contributed by atoms with E-state index in [-0.39, 0.29) is 11.9 Å². The first-order valence-electron chi connectivity index (χ1n) is 9.88. The Labute approximate surface area is 155 Å². The lowest BCUT2D eigenvalue weighted by atomic mass is 9.96. The predicted molar refractivity (Wildman–Crippen MR) is 97.9 cm³/mol. The fourth-order valence-electron chi connectivity index (χ4n) is 4.18. The Morgan fingerprint density at radius 1 is 1.27 bits per heavy atom. The van der Waals surface area contributed by atoms with E-state index in [1.807, 2.05) is 18.0 Å². The van der Waals surface area contributed by atoms with E-state index in [2.05, 4.69) is 15.2 Å². The van der Waals surface area contributed by atoms with Crippen LogP contribution < -0.4 is 5.32 Å². The van der Waals surface area contributed by atoms with Crippen LogP contribution in [0, 0.1) is 0 Å². The highest BCUT2D eigenvalue weighted by atomic mass is 16.5. The van der Waals surface area contributed by atoms with Crippen molar-refractivity contribution in [2.75, 3.05) is 45.9 Å². The van der Waals surface area contributed by atoms with Crippen molar-refractivity contribution in [2.45, 2.75) is 44.7 Å². The Bertz CT molecular complexity index is 641. The number of nitrogens with zero attached hydrogens (tertiary/aromatic N) is 4. The van der Waals surface area contributed by atoms with Crippen molar-refractivity contribution < 1.29 is 9.53 Å². The van der Waals surface area contributed by atoms with Crippen LogP contribution in [0.25, 0.3) is 0 Å². The van der Waals surface area contributed by atoms with E-state index in [1.165, 1.54) is 0 Å². The summed E-state index contributed by atoms with van der Waals surface area (Å²) in [6.07, 6.45) is 5.01. The molecule has 1 N–H and O–H groups in total. The Kier molecular flexibility index (Phi) is 5.47. The normalized spacial score (nSPS) is 23.5. The number of nitrogens with one attached hydrogen (secondary N) is 1. The molecule has 7 heteroatoms. The monoisotopic (exact) mass is 359 g/mol. The molecular formula is C19H29N5O2. The van der Waals surface area contributed by atoms with Gasteiger partial charge in [0.15, 0.2) is 0 Å². The number of fused-ring (bicyclic) bond motifs is 1. The quantitative estimate of drug-likeness (QED) is 0.850. The van der Waals surface area contributed by atoms with Crippen LogP contribution in [0.15, 0.2) is 6.20 Å². The molecule has 142 valence electrons. The van der Waals surface area contributed by atoms with Crippen LogP contribution in [0.1, 0.15) is 42.8 Å². The summed E-state index contributed by atoms with van der Waals surface area (Å²) in [4.78, 5) is 26.6. The van der Waals surface area contributed by atoms with E-state index < -0.39 is 0 Å². The fraction of sp³-hybridized carbons (Fsp3) is 0.737. The van der Waals surface area contributed by atoms with Crippen LogP contribution in [0.3, 0.4) is 0 Å². The molecule has 0 aromatic carbocycles. The zero-order valence-electron chi connectivity index (χ0n) is 15.6. The molecule has 7 nitrogen and oxygen atoms in total. The van der Waals surface area contributed by atoms with Crippen LogP contribution >= 0.6 is 0 Å². The van der Waals surface area contributed by atoms with Crippen molar-refractivity contribution in [1.82, 2.24) is 25.1 Å². The Morgan fingerprint density at radius 2 is 2.04 bits per heavy atom. The SMILES string of the molecule is CC(C(=O)N1CCc2nc(C3CCNCC3)ncc2C1)N1CCOCC1. The van der Waals surface area contributed by atoms with Gasteiger partial charge in [0.05, 0.1) is 24.9 Å². The summed E-state index contributed by atoms with van der Waals surface area (Å²) < 4.78 is 5.40. The summed E-state index contributed by atoms with van der Waals surface area (Å²) in [7, 11) is 0. The summed E-state index contributed by atoms with van der Waals surface area (Å²) >= 11 is 0. The van der Waals surface area contributed by atoms with Gasteiger partial charge in [-0.05, 0) is 32.9 Å². The number of morpholine rings is 1. The Balaban J connectivity index is 1.41. The predicted octanol–water partition coefficient (Wildman–Crippen LogP) is 0.549. The molecule has 1 aromatic heterocycles. The van der Waals surface area contributed by atoms with Crippen molar-refractivity contribution >= 4 is 5.91 Å². The molecule has 2 fully saturated rings. The number of hydrogen-bond acceptors (Lipinski definition) is 6. The molecule has 0 saturated carbocycles. The van der Waals surface area contributed by atoms with E-state index in [4.69, 9.17) is 9.72 Å². The van der Waals surface area contributed by atoms with Gasteiger partial charge in [-0.2, -0.15) is 0 Å². The second kappa shape index (κ2) is 7.98. The largest absolute Gasteiger partial charge is 0.379 e. The summed E-state index contributed by atoms with van der Waals surface area (Å²) in [5.41, 5.74) is 2.24. The van der Waals surface area contributed by atoms with E-state index in [9.17, 15) is 4.79 Å². The van der Waals surface area contributed by atoms with Gasteiger partial charge >= 0.3 is 0 Å². The van der Waals surface area contributed by atoms with Crippen LogP contribution in [-0.2, 0) is 22.5 Å². The van der Waals surface area contributed by atoms with Gasteiger partial charge in [0.1, 0.15) is 5.82 Å². The standard InChI is InChI=1S/C19H29N5O2/c1-14(23-8-10-26-11-9-23)19(25)24-7-4-17-16(13-24)12-21-18(22-17)15-2-5-20-6-3-15/h12,14-15,20H,2-11,13H2,1H3. The molecule has 0 radical (unpaired) electrons. The second-order valence-corrected chi connectivity index (χ2v) is 7.56. The molecule has 1 unspecified atom stereocenters. The molecule has 1 amide bonds. The third-order valence-electron chi connectivity index (χ3n) is 5.92. The van der Waals surface area contributed by atoms with Gasteiger partial charge in [-0.15, -0.1) is 0 Å². The maximum absolute atomic E-state index is 12.9. The molecule has 26 heavy (non-hydrogen) atoms. The lowest BCUT2D eigenvalue weighted by molar-refractivity contribution is -0.139. The molecule has 2 saturated heterocycles. The third kappa shape index (κ3) is 3.75. The molecule has 3 aliphatic rings. The van der Waals surface area contributed by atoms with Crippen molar-refractivity contribution in [2.24, 2.45) is 0 Å². The first-order chi connectivity index (χ1) is 12.7. The molecule has 1 aromatic rings. The topological polar surface area (TPSA) is 70.6 Å². The van der Waals surface area contributed by atoms with Gasteiger partial charge in [-0.1, -0.05) is 0 Å². The van der Waals surface area contributed by atoms with Gasteiger partial charge in [0, 0.05) is 50.3 Å². The van der Waals surface area contributed by atoms with Gasteiger partial charge in [0.25, 0.3) is 0 Å². The minimum Gasteiger partial charge on any atom is -0.379 e. The molecule has 0 bridgehead atoms. The highest BCUT2D eigenvalue weighted by Gasteiger charge is 2.30. The van der Waals surface area contributed by atoms with Crippen LogP contribution in [-0.4, -0.2) is 77.7 Å². The van der Waals surface area contributed by atoms with Crippen molar-refractivity contribution in [3.05, 3.63) is 23.3 Å². The number of ether oxygens (including phenoxy) is 1. The summed E-state index contributed by atoms with van der Waals surface area (Å²) in [5, 5.41) is 3.39. The molecule has 3 aliphatic heterocycles. The van der Waals surface area contributed by atoms with Gasteiger partial charge in [-0.25, -0.2) is 9.97 Å². The average molecular weight is 359 g/mol. The lowest BCUT2D eigenvalue weighted by Gasteiger charge is -2.36. The van der Waals surface area contributed by atoms with Gasteiger partial charge < -0.3 is 15.0 Å². The maximum Gasteiger partial charge on any atom is 0.239 e. The fourth-order valence-corrected chi connectivity index (χ4v) is 4.18. The number of piperidine rings is 1. The van der Waals surface area contributed by atoms with Crippen molar-refractivity contribution in [3.8, 4) is 0 Å². The Hall–Kier alpha value is -1.57. The molecule has 0 spiro atoms. The summed E-state index contributed by atoms with van der Waals surface area (Å²) in [6.45, 7) is 8.60. The molecule has 0 aliphatic carbocycles. The first-order valence-corrected chi connectivity index (χ1v) is 9.88. The number of amides is 1. The molecular weight excluding hydrogens is 330 g/mol. The first kappa shape index (κ1) is 17.8. The van der Waals surface area contributed by atoms with E-state index in [0.717, 1.165) is 69.1 Å². The minimum atomic E-state index is -0.0876. The maximum atomic E-state index is 12.9. The highest BCUT2D eigenvalue weighted by molar-refractivity contribution is 5.81. The summed E-state index contributed by atoms with van der Waals surface area (Å²) in [5.74, 6) is 1.68. The van der Waals surface area contributed by atoms with Crippen LogP contribution in [0.4, 0.5) is 0 Å². The molecule has 4 rings (SSSR count). The molecule has 4 heterocycles. The van der Waals surface area contributed by atoms with E-state index in [1.54, 1.807) is 0 Å². The highest BCUT2D eigenvalue weighted by Crippen LogP contribution is 2.25. The average Bonchev–Trinajstić information content (AvgIpc) is 2.73. The van der Waals surface area contributed by atoms with Gasteiger partial charge in [0.2, 0.25) is 5.91 Å². The summed E-state index contributed by atoms with van der Waals surface area (Å²) in [6, 6.07) is -0.0876. The smallest absolute Gasteiger partial charge is 0.239 e. The third-order valence-corrected chi connectivity index (χ3v) is 5.92. The second-order valence-electron chi connectivity index (χ2n) is 7.56. The lowest BCUT2D eigenvalue weighted by Crippen LogP contribution is -2.51. The minimum absolute atomic E-state index is 0.0876. The van der Waals surface area contributed by atoms with Crippen LogP contribution in [0.2, 0.25) is 0 Å². The van der Waals surface area contributed by atoms with Crippen molar-refractivity contribution in [3.63, 3.8) is 0 Å². The number of carbonyl (C=O) groups excluding carboxylic acids is 1. The number of hydrogen-bond donors (Lipinski definition) is 1. The number of aromatic nitrogens is 2. The number of rotatable bonds is 3. The van der Waals surface area contributed by atoms with E-state index >= 15 is 0 Å². The van der Waals surface area contributed by atoms with E-state index in [0.29, 0.717) is 25.7 Å². The van der Waals surface area contributed by atoms with Crippen LogP contribution in [0.5, 0.6) is 0 Å². The molecule has 1 atom stereocenters. The van der Waals surface area contributed by atoms with Crippen molar-refractivity contribution in [1.29, 1.82) is 0 Å².